The molecule has 0 saturated carbocycles. The number of nitrogens with one attached hydrogen (secondary N) is 1. The molecule has 0 saturated heterocycles. The van der Waals surface area contributed by atoms with Crippen molar-refractivity contribution in [3.63, 3.8) is 0 Å². The molecule has 3 heterocycles. The summed E-state index contributed by atoms with van der Waals surface area (Å²) in [5.41, 5.74) is 12.1. The molecule has 2 aromatic carbocycles. The summed E-state index contributed by atoms with van der Waals surface area (Å²) >= 11 is 0. The van der Waals surface area contributed by atoms with Gasteiger partial charge >= 0.3 is 0 Å². The first-order valence-corrected chi connectivity index (χ1v) is 14.0. The maximum absolute atomic E-state index is 6.36. The van der Waals surface area contributed by atoms with E-state index in [-0.39, 0.29) is 0 Å². The van der Waals surface area contributed by atoms with Gasteiger partial charge in [0.1, 0.15) is 11.6 Å². The average Bonchev–Trinajstić information content (AvgIpc) is 3.26. The summed E-state index contributed by atoms with van der Waals surface area (Å²) in [5.74, 6) is 2.57. The van der Waals surface area contributed by atoms with Crippen LogP contribution in [0.3, 0.4) is 0 Å². The normalized spacial score (nSPS) is 12.5. The molecule has 0 fully saturated rings. The van der Waals surface area contributed by atoms with E-state index in [1.807, 2.05) is 36.0 Å². The summed E-state index contributed by atoms with van der Waals surface area (Å²) in [7, 11) is 2.00. The van der Waals surface area contributed by atoms with E-state index in [1.54, 1.807) is 6.20 Å². The number of rotatable bonds is 10. The van der Waals surface area contributed by atoms with Crippen LogP contribution in [-0.2, 0) is 7.05 Å². The number of hydrogen-bond donors (Lipinski definition) is 2. The molecule has 1 atom stereocenters. The average molecular weight is 523 g/mol. The lowest BCUT2D eigenvalue weighted by molar-refractivity contribution is 0.532. The maximum Gasteiger partial charge on any atom is 0.227 e. The number of unbranched alkanes of at least 4 members (excludes halogenated alkanes) is 2. The van der Waals surface area contributed by atoms with Gasteiger partial charge in [0.05, 0.1) is 16.7 Å². The van der Waals surface area contributed by atoms with E-state index >= 15 is 0 Å². The predicted octanol–water partition coefficient (Wildman–Crippen LogP) is 7.50. The third kappa shape index (κ3) is 5.55. The Labute approximate surface area is 230 Å². The van der Waals surface area contributed by atoms with Crippen molar-refractivity contribution in [3.8, 4) is 11.3 Å². The number of hydrogen-bond acceptors (Lipinski definition) is 7. The van der Waals surface area contributed by atoms with Crippen LogP contribution in [0.2, 0.25) is 0 Å². The summed E-state index contributed by atoms with van der Waals surface area (Å²) in [6, 6.07) is 14.2. The first kappa shape index (κ1) is 26.5. The lowest BCUT2D eigenvalue weighted by Gasteiger charge is -2.15. The van der Waals surface area contributed by atoms with Gasteiger partial charge in [0.2, 0.25) is 5.95 Å². The molecule has 0 radical (unpaired) electrons. The van der Waals surface area contributed by atoms with Gasteiger partial charge in [-0.15, -0.1) is 0 Å². The summed E-state index contributed by atoms with van der Waals surface area (Å²) < 4.78 is 1.97. The van der Waals surface area contributed by atoms with Crippen LogP contribution in [0.5, 0.6) is 0 Å². The smallest absolute Gasteiger partial charge is 0.227 e. The molecule has 0 amide bonds. The highest BCUT2D eigenvalue weighted by atomic mass is 15.3. The molecule has 8 nitrogen and oxygen atoms in total. The van der Waals surface area contributed by atoms with E-state index in [4.69, 9.17) is 15.7 Å². The number of fused-ring (bicyclic) bond motifs is 2. The molecular formula is C31H38N8. The Morgan fingerprint density at radius 3 is 2.54 bits per heavy atom. The minimum Gasteiger partial charge on any atom is -0.383 e. The highest BCUT2D eigenvalue weighted by Gasteiger charge is 2.16. The second kappa shape index (κ2) is 11.4. The molecular weight excluding hydrogens is 484 g/mol. The molecule has 0 bridgehead atoms. The lowest BCUT2D eigenvalue weighted by Crippen LogP contribution is -2.07. The van der Waals surface area contributed by atoms with Gasteiger partial charge in [-0.2, -0.15) is 5.10 Å². The molecule has 0 aliphatic carbocycles. The zero-order valence-corrected chi connectivity index (χ0v) is 23.6. The fraction of sp³-hybridized carbons (Fsp3) is 0.387. The summed E-state index contributed by atoms with van der Waals surface area (Å²) in [6.45, 7) is 8.80. The van der Waals surface area contributed by atoms with Gasteiger partial charge in [-0.25, -0.2) is 19.9 Å². The number of aromatic nitrogens is 6. The van der Waals surface area contributed by atoms with Gasteiger partial charge in [-0.1, -0.05) is 53.0 Å². The molecule has 5 aromatic rings. The largest absolute Gasteiger partial charge is 0.383 e. The molecule has 3 aromatic heterocycles. The van der Waals surface area contributed by atoms with E-state index in [2.05, 4.69) is 66.3 Å². The van der Waals surface area contributed by atoms with Gasteiger partial charge in [0, 0.05) is 46.9 Å². The molecule has 8 heteroatoms. The SMILES string of the molecule is CCCCCC(CC)c1nc(N)c2ccc(Nc3nccc(-c4ccc5nn(C)c(C(C)C)c5c4)n3)cc2n1. The van der Waals surface area contributed by atoms with E-state index in [1.165, 1.54) is 25.0 Å². The van der Waals surface area contributed by atoms with Crippen LogP contribution in [0.25, 0.3) is 33.1 Å². The minimum absolute atomic E-state index is 0.313. The Morgan fingerprint density at radius 1 is 0.923 bits per heavy atom. The predicted molar refractivity (Wildman–Crippen MR) is 160 cm³/mol. The van der Waals surface area contributed by atoms with Gasteiger partial charge in [0.25, 0.3) is 0 Å². The van der Waals surface area contributed by atoms with Crippen molar-refractivity contribution < 1.29 is 0 Å². The van der Waals surface area contributed by atoms with Crippen LogP contribution in [-0.4, -0.2) is 29.7 Å². The van der Waals surface area contributed by atoms with Crippen LogP contribution in [0.4, 0.5) is 17.5 Å². The zero-order chi connectivity index (χ0) is 27.5. The van der Waals surface area contributed by atoms with E-state index in [9.17, 15) is 0 Å². The molecule has 202 valence electrons. The summed E-state index contributed by atoms with van der Waals surface area (Å²) in [6.07, 6.45) is 7.46. The zero-order valence-electron chi connectivity index (χ0n) is 23.6. The number of anilines is 3. The van der Waals surface area contributed by atoms with E-state index in [0.29, 0.717) is 23.6 Å². The van der Waals surface area contributed by atoms with Crippen molar-refractivity contribution in [2.75, 3.05) is 11.1 Å². The number of aryl methyl sites for hydroxylation is 1. The molecule has 1 unspecified atom stereocenters. The number of benzene rings is 2. The summed E-state index contributed by atoms with van der Waals surface area (Å²) in [5, 5.41) is 10.0. The summed E-state index contributed by atoms with van der Waals surface area (Å²) in [4.78, 5) is 18.9. The Morgan fingerprint density at radius 2 is 1.77 bits per heavy atom. The molecule has 5 rings (SSSR count). The van der Waals surface area contributed by atoms with Crippen molar-refractivity contribution in [2.24, 2.45) is 7.05 Å². The molecule has 39 heavy (non-hydrogen) atoms. The first-order valence-electron chi connectivity index (χ1n) is 14.0. The Kier molecular flexibility index (Phi) is 7.72. The van der Waals surface area contributed by atoms with Gasteiger partial charge in [-0.05, 0) is 55.2 Å². The molecule has 3 N–H and O–H groups in total. The topological polar surface area (TPSA) is 107 Å². The highest BCUT2D eigenvalue weighted by molar-refractivity contribution is 5.91. The Bertz CT molecular complexity index is 1600. The van der Waals surface area contributed by atoms with Gasteiger partial charge in [-0.3, -0.25) is 4.68 Å². The number of nitrogen functional groups attached to an aromatic ring is 1. The van der Waals surface area contributed by atoms with Crippen molar-refractivity contribution in [3.05, 3.63) is 60.2 Å². The number of nitrogens with zero attached hydrogens (tertiary/aromatic N) is 6. The van der Waals surface area contributed by atoms with Crippen LogP contribution < -0.4 is 11.1 Å². The van der Waals surface area contributed by atoms with Crippen LogP contribution in [0.1, 0.15) is 83.2 Å². The van der Waals surface area contributed by atoms with Crippen LogP contribution in [0, 0.1) is 0 Å². The van der Waals surface area contributed by atoms with Gasteiger partial charge in [0.15, 0.2) is 0 Å². The Balaban J connectivity index is 1.43. The van der Waals surface area contributed by atoms with E-state index < -0.39 is 0 Å². The van der Waals surface area contributed by atoms with E-state index in [0.717, 1.165) is 57.4 Å². The number of nitrogens with two attached hydrogens (primary N) is 1. The van der Waals surface area contributed by atoms with Crippen molar-refractivity contribution in [1.29, 1.82) is 0 Å². The fourth-order valence-electron chi connectivity index (χ4n) is 5.36. The van der Waals surface area contributed by atoms with Crippen molar-refractivity contribution in [2.45, 2.75) is 71.6 Å². The Hall–Kier alpha value is -4.07. The van der Waals surface area contributed by atoms with Crippen molar-refractivity contribution in [1.82, 2.24) is 29.7 Å². The maximum atomic E-state index is 6.36. The minimum atomic E-state index is 0.313. The standard InChI is InChI=1S/C31H38N8/c1-6-8-9-10-20(7-2)30-35-27-18-22(12-13-23(27)29(32)37-30)34-31-33-16-15-25(36-31)21-11-14-26-24(17-21)28(19(3)4)39(5)38-26/h11-20H,6-10H2,1-5H3,(H2,32,35,37)(H,33,34,36). The van der Waals surface area contributed by atoms with Gasteiger partial charge < -0.3 is 11.1 Å². The second-order valence-electron chi connectivity index (χ2n) is 10.6. The first-order chi connectivity index (χ1) is 18.9. The third-order valence-corrected chi connectivity index (χ3v) is 7.39. The second-order valence-corrected chi connectivity index (χ2v) is 10.6. The fourth-order valence-corrected chi connectivity index (χ4v) is 5.36. The van der Waals surface area contributed by atoms with Crippen LogP contribution >= 0.6 is 0 Å². The lowest BCUT2D eigenvalue weighted by atomic mass is 9.97. The molecule has 0 aliphatic rings. The van der Waals surface area contributed by atoms with Crippen molar-refractivity contribution >= 4 is 39.3 Å². The molecule has 0 aliphatic heterocycles. The monoisotopic (exact) mass is 522 g/mol. The quantitative estimate of drug-likeness (QED) is 0.183. The van der Waals surface area contributed by atoms with Crippen LogP contribution in [0.15, 0.2) is 48.7 Å². The highest BCUT2D eigenvalue weighted by Crippen LogP contribution is 2.31. The molecule has 0 spiro atoms. The third-order valence-electron chi connectivity index (χ3n) is 7.39.